The first-order valence-electron chi connectivity index (χ1n) is 14.2. The van der Waals surface area contributed by atoms with Crippen LogP contribution in [0.4, 0.5) is 21.5 Å². The summed E-state index contributed by atoms with van der Waals surface area (Å²) in [6.45, 7) is 9.39. The van der Waals surface area contributed by atoms with Crippen LogP contribution in [0.25, 0.3) is 0 Å². The number of aryl methyl sites for hydroxylation is 2. The van der Waals surface area contributed by atoms with Gasteiger partial charge in [0.1, 0.15) is 29.8 Å². The van der Waals surface area contributed by atoms with Gasteiger partial charge >= 0.3 is 0 Å². The second-order valence-corrected chi connectivity index (χ2v) is 12.5. The third-order valence-electron chi connectivity index (χ3n) is 7.41. The Morgan fingerprint density at radius 2 is 2.02 bits per heavy atom. The Kier molecular flexibility index (Phi) is 9.41. The molecule has 2 aromatic carbocycles. The van der Waals surface area contributed by atoms with Crippen LogP contribution in [-0.2, 0) is 29.2 Å². The highest BCUT2D eigenvalue weighted by Gasteiger charge is 2.31. The summed E-state index contributed by atoms with van der Waals surface area (Å²) in [5, 5.41) is 4.14. The fourth-order valence-electron chi connectivity index (χ4n) is 5.35. The quantitative estimate of drug-likeness (QED) is 0.217. The van der Waals surface area contributed by atoms with Crippen molar-refractivity contribution in [2.45, 2.75) is 47.3 Å². The average molecular weight is 650 g/mol. The largest absolute Gasteiger partial charge is 0.481 e. The van der Waals surface area contributed by atoms with Crippen molar-refractivity contribution in [2.24, 2.45) is 10.4 Å². The molecule has 2 aromatic heterocycles. The van der Waals surface area contributed by atoms with E-state index in [1.54, 1.807) is 15.8 Å². The highest BCUT2D eigenvalue weighted by Crippen LogP contribution is 2.37. The lowest BCUT2D eigenvalue weighted by Crippen LogP contribution is -2.39. The van der Waals surface area contributed by atoms with Gasteiger partial charge in [-0.25, -0.2) is 9.38 Å². The first-order chi connectivity index (χ1) is 21.5. The zero-order valence-electron chi connectivity index (χ0n) is 25.5. The highest BCUT2D eigenvalue weighted by molar-refractivity contribution is 7.02. The van der Waals surface area contributed by atoms with Gasteiger partial charge < -0.3 is 9.30 Å². The molecule has 0 spiro atoms. The van der Waals surface area contributed by atoms with Crippen molar-refractivity contribution >= 4 is 52.0 Å². The summed E-state index contributed by atoms with van der Waals surface area (Å²) < 4.78 is 28.0. The van der Waals surface area contributed by atoms with Gasteiger partial charge in [-0.1, -0.05) is 38.0 Å². The minimum Gasteiger partial charge on any atom is -0.481 e. The SMILES string of the molecule is C#CCN1C(=O)COc2cc(F)c(N=c3snc4n3CC(C)(C)C4)cc21.Cc1cccc(C)c1N(Cn1cccn1)C(=O)CCl. The summed E-state index contributed by atoms with van der Waals surface area (Å²) >= 11 is 6.96. The van der Waals surface area contributed by atoms with E-state index in [-0.39, 0.29) is 41.9 Å². The van der Waals surface area contributed by atoms with E-state index in [2.05, 4.69) is 34.2 Å². The van der Waals surface area contributed by atoms with Gasteiger partial charge in [-0.3, -0.25) is 24.1 Å². The molecule has 0 bridgehead atoms. The Morgan fingerprint density at radius 3 is 2.69 bits per heavy atom. The molecule has 13 heteroatoms. The van der Waals surface area contributed by atoms with Crippen LogP contribution in [0, 0.1) is 37.4 Å². The van der Waals surface area contributed by atoms with Gasteiger partial charge in [-0.05, 0) is 42.5 Å². The molecule has 4 heterocycles. The lowest BCUT2D eigenvalue weighted by Gasteiger charge is -2.28. The van der Waals surface area contributed by atoms with Crippen LogP contribution in [0.5, 0.6) is 5.75 Å². The number of ether oxygens (including phenoxy) is 1. The third-order valence-corrected chi connectivity index (χ3v) is 8.41. The number of terminal acetylenes is 1. The molecule has 0 aliphatic carbocycles. The van der Waals surface area contributed by atoms with Crippen LogP contribution in [0.2, 0.25) is 0 Å². The van der Waals surface area contributed by atoms with E-state index >= 15 is 0 Å². The number of halogens is 2. The maximum atomic E-state index is 14.5. The minimum absolute atomic E-state index is 0.0466. The van der Waals surface area contributed by atoms with Crippen molar-refractivity contribution in [3.05, 3.63) is 76.4 Å². The van der Waals surface area contributed by atoms with Crippen LogP contribution in [0.3, 0.4) is 0 Å². The number of para-hydroxylation sites is 1. The number of fused-ring (bicyclic) bond motifs is 2. The Labute approximate surface area is 269 Å². The Bertz CT molecular complexity index is 1820. The third kappa shape index (κ3) is 6.95. The zero-order chi connectivity index (χ0) is 32.3. The number of hydrogen-bond donors (Lipinski definition) is 0. The number of nitrogens with zero attached hydrogens (tertiary/aromatic N) is 7. The average Bonchev–Trinajstić information content (AvgIpc) is 3.71. The molecule has 4 aromatic rings. The molecule has 2 amide bonds. The van der Waals surface area contributed by atoms with E-state index in [9.17, 15) is 14.0 Å². The molecule has 6 rings (SSSR count). The summed E-state index contributed by atoms with van der Waals surface area (Å²) in [5.74, 6) is 2.75. The number of anilines is 2. The van der Waals surface area contributed by atoms with Crippen molar-refractivity contribution in [2.75, 3.05) is 28.8 Å². The van der Waals surface area contributed by atoms with Gasteiger partial charge in [0.2, 0.25) is 10.7 Å². The van der Waals surface area contributed by atoms with Crippen molar-refractivity contribution < 1.29 is 18.7 Å². The molecule has 0 saturated heterocycles. The van der Waals surface area contributed by atoms with Crippen LogP contribution in [0.15, 0.2) is 53.8 Å². The van der Waals surface area contributed by atoms with E-state index in [4.69, 9.17) is 22.8 Å². The van der Waals surface area contributed by atoms with Gasteiger partial charge in [-0.2, -0.15) is 9.47 Å². The molecule has 0 atom stereocenters. The number of aromatic nitrogens is 4. The van der Waals surface area contributed by atoms with Crippen molar-refractivity contribution in [1.29, 1.82) is 0 Å². The summed E-state index contributed by atoms with van der Waals surface area (Å²) in [5.41, 5.74) is 3.68. The van der Waals surface area contributed by atoms with E-state index in [0.717, 1.165) is 35.6 Å². The second kappa shape index (κ2) is 13.3. The van der Waals surface area contributed by atoms with Gasteiger partial charge in [0.25, 0.3) is 5.91 Å². The number of hydrogen-bond acceptors (Lipinski definition) is 7. The first-order valence-corrected chi connectivity index (χ1v) is 15.5. The summed E-state index contributed by atoms with van der Waals surface area (Å²) in [4.78, 5) is 32.3. The highest BCUT2D eigenvalue weighted by atomic mass is 35.5. The van der Waals surface area contributed by atoms with E-state index in [1.165, 1.54) is 28.6 Å². The zero-order valence-corrected chi connectivity index (χ0v) is 27.0. The number of rotatable bonds is 6. The molecule has 10 nitrogen and oxygen atoms in total. The normalized spacial score (nSPS) is 15.0. The monoisotopic (exact) mass is 649 g/mol. The fraction of sp³-hybridized carbons (Fsp3) is 0.344. The number of carbonyl (C=O) groups is 2. The van der Waals surface area contributed by atoms with Crippen molar-refractivity contribution in [3.8, 4) is 18.1 Å². The lowest BCUT2D eigenvalue weighted by molar-refractivity contribution is -0.121. The number of benzene rings is 2. The second-order valence-electron chi connectivity index (χ2n) is 11.5. The minimum atomic E-state index is -0.515. The number of carbonyl (C=O) groups excluding carboxylic acids is 2. The van der Waals surface area contributed by atoms with E-state index in [0.29, 0.717) is 22.9 Å². The molecule has 45 heavy (non-hydrogen) atoms. The molecule has 2 aliphatic heterocycles. The summed E-state index contributed by atoms with van der Waals surface area (Å²) in [6, 6.07) is 10.5. The van der Waals surface area contributed by atoms with E-state index in [1.807, 2.05) is 48.9 Å². The first kappa shape index (κ1) is 31.9. The molecule has 2 aliphatic rings. The number of alkyl halides is 1. The molecule has 0 N–H and O–H groups in total. The topological polar surface area (TPSA) is 97.9 Å². The molecule has 0 radical (unpaired) electrons. The fourth-order valence-corrected chi connectivity index (χ4v) is 6.25. The molecule has 0 saturated carbocycles. The Morgan fingerprint density at radius 1 is 1.27 bits per heavy atom. The molecular formula is C32H33ClFN7O3S. The van der Waals surface area contributed by atoms with Gasteiger partial charge in [-0.15, -0.1) is 18.0 Å². The number of amides is 2. The molecule has 0 fully saturated rings. The maximum Gasteiger partial charge on any atom is 0.265 e. The standard InChI is InChI=1S/C18H17FN4O2S.C14H16ClN3O/c1-4-5-22-13-7-12(11(19)6-14(13)25-9-16(22)24)20-17-23-10-18(2,3)8-15(23)21-26-17;1-11-5-3-6-12(2)14(11)18(13(19)9-15)10-17-8-4-7-16-17/h1,6-7H,5,8-10H2,2-3H3;3-8H,9-10H2,1-2H3. The Hall–Kier alpha value is -4.47. The van der Waals surface area contributed by atoms with Crippen molar-refractivity contribution in [1.82, 2.24) is 18.7 Å². The van der Waals surface area contributed by atoms with Crippen molar-refractivity contribution in [3.63, 3.8) is 0 Å². The van der Waals surface area contributed by atoms with Crippen LogP contribution in [-0.4, -0.2) is 49.6 Å². The van der Waals surface area contributed by atoms with Gasteiger partial charge in [0, 0.05) is 43.0 Å². The molecule has 234 valence electrons. The van der Waals surface area contributed by atoms with Crippen LogP contribution >= 0.6 is 23.1 Å². The predicted octanol–water partition coefficient (Wildman–Crippen LogP) is 4.99. The van der Waals surface area contributed by atoms with Crippen LogP contribution in [0.1, 0.15) is 30.8 Å². The Balaban J connectivity index is 0.000000187. The van der Waals surface area contributed by atoms with E-state index < -0.39 is 5.82 Å². The lowest BCUT2D eigenvalue weighted by atomic mass is 9.92. The van der Waals surface area contributed by atoms with Gasteiger partial charge in [0.05, 0.1) is 17.9 Å². The summed E-state index contributed by atoms with van der Waals surface area (Å²) in [6.07, 6.45) is 9.73. The predicted molar refractivity (Wildman–Crippen MR) is 172 cm³/mol. The maximum absolute atomic E-state index is 14.5. The molecular weight excluding hydrogens is 617 g/mol. The molecule has 0 unspecified atom stereocenters. The smallest absolute Gasteiger partial charge is 0.265 e. The summed E-state index contributed by atoms with van der Waals surface area (Å²) in [7, 11) is 0. The van der Waals surface area contributed by atoms with Gasteiger partial charge in [0.15, 0.2) is 12.4 Å². The van der Waals surface area contributed by atoms with Crippen LogP contribution < -0.4 is 19.3 Å².